The van der Waals surface area contributed by atoms with Gasteiger partial charge in [-0.25, -0.2) is 0 Å². The molecular weight excluding hydrogens is 228 g/mol. The average Bonchev–Trinajstić information content (AvgIpc) is 2.34. The van der Waals surface area contributed by atoms with Gasteiger partial charge in [0.25, 0.3) is 5.91 Å². The molecule has 0 spiro atoms. The molecule has 0 heterocycles. The Kier molecular flexibility index (Phi) is 4.87. The minimum Gasteiger partial charge on any atom is -0.392 e. The Morgan fingerprint density at radius 1 is 1.33 bits per heavy atom. The van der Waals surface area contributed by atoms with Crippen molar-refractivity contribution in [3.05, 3.63) is 35.4 Å². The summed E-state index contributed by atoms with van der Waals surface area (Å²) in [5, 5.41) is 18.1. The molecule has 4 heteroatoms. The van der Waals surface area contributed by atoms with Crippen molar-refractivity contribution in [1.29, 1.82) is 5.26 Å². The Morgan fingerprint density at radius 2 is 1.89 bits per heavy atom. The number of hydrogen-bond acceptors (Lipinski definition) is 3. The van der Waals surface area contributed by atoms with Crippen LogP contribution in [0, 0.1) is 11.3 Å². The highest BCUT2D eigenvalue weighted by atomic mass is 16.3. The van der Waals surface area contributed by atoms with Gasteiger partial charge in [0.15, 0.2) is 0 Å². The Balaban J connectivity index is 2.91. The van der Waals surface area contributed by atoms with E-state index < -0.39 is 6.10 Å². The minimum absolute atomic E-state index is 0.0164. The molecule has 0 radical (unpaired) electrons. The fourth-order valence-corrected chi connectivity index (χ4v) is 1.67. The molecule has 0 aliphatic carbocycles. The molecular formula is C14H18N2O2. The van der Waals surface area contributed by atoms with Gasteiger partial charge in [0, 0.05) is 18.2 Å². The molecule has 1 aromatic carbocycles. The summed E-state index contributed by atoms with van der Waals surface area (Å²) in [5.41, 5.74) is 1.06. The van der Waals surface area contributed by atoms with E-state index in [-0.39, 0.29) is 11.9 Å². The zero-order valence-electron chi connectivity index (χ0n) is 10.9. The monoisotopic (exact) mass is 246 g/mol. The van der Waals surface area contributed by atoms with Gasteiger partial charge >= 0.3 is 0 Å². The Morgan fingerprint density at radius 3 is 2.28 bits per heavy atom. The maximum absolute atomic E-state index is 12.3. The standard InChI is InChI=1S/C14H18N2O2/c1-10(2)16(9-11(3)17)14(18)13-6-4-12(8-15)5-7-13/h4-7,10-11,17H,9H2,1-3H3. The van der Waals surface area contributed by atoms with Crippen molar-refractivity contribution in [3.8, 4) is 6.07 Å². The van der Waals surface area contributed by atoms with E-state index in [9.17, 15) is 9.90 Å². The second-order valence-corrected chi connectivity index (χ2v) is 4.59. The number of hydrogen-bond donors (Lipinski definition) is 1. The second-order valence-electron chi connectivity index (χ2n) is 4.59. The molecule has 0 aliphatic rings. The van der Waals surface area contributed by atoms with Gasteiger partial charge in [-0.2, -0.15) is 5.26 Å². The third kappa shape index (κ3) is 3.57. The maximum Gasteiger partial charge on any atom is 0.254 e. The maximum atomic E-state index is 12.3. The largest absolute Gasteiger partial charge is 0.392 e. The molecule has 0 saturated heterocycles. The molecule has 0 bridgehead atoms. The highest BCUT2D eigenvalue weighted by Crippen LogP contribution is 2.10. The lowest BCUT2D eigenvalue weighted by molar-refractivity contribution is 0.0579. The summed E-state index contributed by atoms with van der Waals surface area (Å²) in [7, 11) is 0. The van der Waals surface area contributed by atoms with Crippen LogP contribution in [0.25, 0.3) is 0 Å². The first-order valence-electron chi connectivity index (χ1n) is 5.95. The number of nitrogens with zero attached hydrogens (tertiary/aromatic N) is 2. The third-order valence-electron chi connectivity index (χ3n) is 2.61. The van der Waals surface area contributed by atoms with Gasteiger partial charge in [-0.05, 0) is 45.0 Å². The van der Waals surface area contributed by atoms with E-state index >= 15 is 0 Å². The molecule has 0 fully saturated rings. The van der Waals surface area contributed by atoms with Crippen molar-refractivity contribution in [2.24, 2.45) is 0 Å². The van der Waals surface area contributed by atoms with Crippen LogP contribution in [0.4, 0.5) is 0 Å². The van der Waals surface area contributed by atoms with Crippen LogP contribution in [-0.4, -0.2) is 34.6 Å². The Bertz CT molecular complexity index is 444. The lowest BCUT2D eigenvalue weighted by Gasteiger charge is -2.28. The van der Waals surface area contributed by atoms with E-state index in [0.29, 0.717) is 17.7 Å². The lowest BCUT2D eigenvalue weighted by atomic mass is 10.1. The fourth-order valence-electron chi connectivity index (χ4n) is 1.67. The second kappa shape index (κ2) is 6.18. The summed E-state index contributed by atoms with van der Waals surface area (Å²) in [5.74, 6) is -0.129. The molecule has 96 valence electrons. The van der Waals surface area contributed by atoms with Crippen molar-refractivity contribution < 1.29 is 9.90 Å². The van der Waals surface area contributed by atoms with Crippen molar-refractivity contribution in [2.75, 3.05) is 6.54 Å². The van der Waals surface area contributed by atoms with Gasteiger partial charge in [-0.3, -0.25) is 4.79 Å². The molecule has 18 heavy (non-hydrogen) atoms. The van der Waals surface area contributed by atoms with Crippen LogP contribution in [-0.2, 0) is 0 Å². The normalized spacial score (nSPS) is 12.0. The van der Waals surface area contributed by atoms with Crippen molar-refractivity contribution in [1.82, 2.24) is 4.90 Å². The number of rotatable bonds is 4. The molecule has 1 N–H and O–H groups in total. The Labute approximate surface area is 107 Å². The quantitative estimate of drug-likeness (QED) is 0.880. The molecule has 0 saturated carbocycles. The van der Waals surface area contributed by atoms with Gasteiger partial charge < -0.3 is 10.0 Å². The highest BCUT2D eigenvalue weighted by molar-refractivity contribution is 5.94. The fraction of sp³-hybridized carbons (Fsp3) is 0.429. The number of carbonyl (C=O) groups is 1. The summed E-state index contributed by atoms with van der Waals surface area (Å²) in [6.07, 6.45) is -0.560. The van der Waals surface area contributed by atoms with Crippen molar-refractivity contribution in [2.45, 2.75) is 32.9 Å². The lowest BCUT2D eigenvalue weighted by Crippen LogP contribution is -2.41. The number of nitriles is 1. The first kappa shape index (κ1) is 14.2. The van der Waals surface area contributed by atoms with Crippen LogP contribution in [0.5, 0.6) is 0 Å². The first-order valence-corrected chi connectivity index (χ1v) is 5.95. The van der Waals surface area contributed by atoms with Crippen LogP contribution < -0.4 is 0 Å². The van der Waals surface area contributed by atoms with Gasteiger partial charge in [-0.1, -0.05) is 0 Å². The Hall–Kier alpha value is -1.86. The zero-order chi connectivity index (χ0) is 13.7. The number of amides is 1. The number of carbonyl (C=O) groups excluding carboxylic acids is 1. The van der Waals surface area contributed by atoms with Gasteiger partial charge in [0.2, 0.25) is 0 Å². The third-order valence-corrected chi connectivity index (χ3v) is 2.61. The van der Waals surface area contributed by atoms with E-state index in [1.807, 2.05) is 19.9 Å². The summed E-state index contributed by atoms with van der Waals surface area (Å²) in [4.78, 5) is 13.9. The topological polar surface area (TPSA) is 64.3 Å². The summed E-state index contributed by atoms with van der Waals surface area (Å²) >= 11 is 0. The minimum atomic E-state index is -0.560. The van der Waals surface area contributed by atoms with Crippen LogP contribution in [0.3, 0.4) is 0 Å². The molecule has 1 amide bonds. The highest BCUT2D eigenvalue weighted by Gasteiger charge is 2.20. The SMILES string of the molecule is CC(O)CN(C(=O)c1ccc(C#N)cc1)C(C)C. The van der Waals surface area contributed by atoms with Crippen LogP contribution in [0.2, 0.25) is 0 Å². The number of aliphatic hydroxyl groups excluding tert-OH is 1. The zero-order valence-corrected chi connectivity index (χ0v) is 10.9. The van der Waals surface area contributed by atoms with Crippen molar-refractivity contribution >= 4 is 5.91 Å². The van der Waals surface area contributed by atoms with Crippen LogP contribution in [0.1, 0.15) is 36.7 Å². The molecule has 4 nitrogen and oxygen atoms in total. The van der Waals surface area contributed by atoms with E-state index in [1.165, 1.54) is 0 Å². The van der Waals surface area contributed by atoms with E-state index in [4.69, 9.17) is 5.26 Å². The molecule has 1 rings (SSSR count). The van der Waals surface area contributed by atoms with Gasteiger partial charge in [-0.15, -0.1) is 0 Å². The van der Waals surface area contributed by atoms with Gasteiger partial charge in [0.05, 0.1) is 17.7 Å². The molecule has 0 aromatic heterocycles. The summed E-state index contributed by atoms with van der Waals surface area (Å²) in [6.45, 7) is 5.77. The van der Waals surface area contributed by atoms with E-state index in [1.54, 1.807) is 36.1 Å². The molecule has 0 aliphatic heterocycles. The number of aliphatic hydroxyl groups is 1. The number of benzene rings is 1. The van der Waals surface area contributed by atoms with Gasteiger partial charge in [0.1, 0.15) is 0 Å². The van der Waals surface area contributed by atoms with E-state index in [2.05, 4.69) is 0 Å². The average molecular weight is 246 g/mol. The molecule has 1 atom stereocenters. The van der Waals surface area contributed by atoms with E-state index in [0.717, 1.165) is 0 Å². The predicted molar refractivity (Wildman–Crippen MR) is 69.0 cm³/mol. The molecule has 1 unspecified atom stereocenters. The van der Waals surface area contributed by atoms with Crippen LogP contribution >= 0.6 is 0 Å². The summed E-state index contributed by atoms with van der Waals surface area (Å²) < 4.78 is 0. The molecule has 1 aromatic rings. The summed E-state index contributed by atoms with van der Waals surface area (Å²) in [6, 6.07) is 8.54. The van der Waals surface area contributed by atoms with Crippen LogP contribution in [0.15, 0.2) is 24.3 Å². The first-order chi connectivity index (χ1) is 8.45. The van der Waals surface area contributed by atoms with Crippen molar-refractivity contribution in [3.63, 3.8) is 0 Å². The predicted octanol–water partition coefficient (Wildman–Crippen LogP) is 1.79. The smallest absolute Gasteiger partial charge is 0.254 e.